The summed E-state index contributed by atoms with van der Waals surface area (Å²) in [5, 5.41) is 0. The van der Waals surface area contributed by atoms with E-state index in [0.29, 0.717) is 26.9 Å². The summed E-state index contributed by atoms with van der Waals surface area (Å²) in [5.74, 6) is -0.0475. The van der Waals surface area contributed by atoms with Crippen LogP contribution in [-0.2, 0) is 0 Å². The van der Waals surface area contributed by atoms with Gasteiger partial charge in [-0.25, -0.2) is 4.39 Å². The fraction of sp³-hybridized carbons (Fsp3) is 0.133. The number of aryl methyl sites for hydroxylation is 1. The predicted molar refractivity (Wildman–Crippen MR) is 75.3 cm³/mol. The molecule has 0 aliphatic carbocycles. The van der Waals surface area contributed by atoms with Crippen LogP contribution in [0, 0.1) is 12.7 Å². The van der Waals surface area contributed by atoms with Crippen LogP contribution in [0.25, 0.3) is 0 Å². The Morgan fingerprint density at radius 1 is 1.21 bits per heavy atom. The van der Waals surface area contributed by atoms with Gasteiger partial charge in [-0.1, -0.05) is 28.1 Å². The molecule has 0 atom stereocenters. The highest BCUT2D eigenvalue weighted by atomic mass is 79.9. The molecule has 0 bridgehead atoms. The molecule has 2 aromatic rings. The second kappa shape index (κ2) is 5.53. The van der Waals surface area contributed by atoms with Crippen molar-refractivity contribution in [1.82, 2.24) is 0 Å². The molecule has 2 rings (SSSR count). The van der Waals surface area contributed by atoms with E-state index in [1.54, 1.807) is 37.3 Å². The van der Waals surface area contributed by atoms with E-state index < -0.39 is 0 Å². The SMILES string of the molecule is COc1ccc(Br)c(C(=O)c2ccc(C)c(F)c2)c1. The second-order valence-electron chi connectivity index (χ2n) is 4.14. The molecule has 0 heterocycles. The van der Waals surface area contributed by atoms with E-state index in [2.05, 4.69) is 15.9 Å². The molecule has 0 aliphatic heterocycles. The molecule has 0 aliphatic rings. The molecule has 0 spiro atoms. The summed E-state index contributed by atoms with van der Waals surface area (Å²) in [6.45, 7) is 1.66. The van der Waals surface area contributed by atoms with Gasteiger partial charge in [0.05, 0.1) is 7.11 Å². The summed E-state index contributed by atoms with van der Waals surface area (Å²) < 4.78 is 19.3. The number of carbonyl (C=O) groups excluding carboxylic acids is 1. The number of methoxy groups -OCH3 is 1. The lowest BCUT2D eigenvalue weighted by atomic mass is 10.0. The Bertz CT molecular complexity index is 638. The Balaban J connectivity index is 2.46. The van der Waals surface area contributed by atoms with E-state index in [9.17, 15) is 9.18 Å². The molecule has 19 heavy (non-hydrogen) atoms. The average molecular weight is 323 g/mol. The molecule has 0 N–H and O–H groups in total. The van der Waals surface area contributed by atoms with Gasteiger partial charge in [-0.3, -0.25) is 4.79 Å². The van der Waals surface area contributed by atoms with Gasteiger partial charge in [-0.05, 0) is 36.8 Å². The molecule has 0 unspecified atom stereocenters. The van der Waals surface area contributed by atoms with Gasteiger partial charge in [0, 0.05) is 15.6 Å². The Kier molecular flexibility index (Phi) is 4.00. The van der Waals surface area contributed by atoms with Crippen molar-refractivity contribution in [3.63, 3.8) is 0 Å². The van der Waals surface area contributed by atoms with Crippen LogP contribution in [0.3, 0.4) is 0 Å². The Hall–Kier alpha value is -1.68. The van der Waals surface area contributed by atoms with Crippen molar-refractivity contribution in [3.05, 3.63) is 63.4 Å². The van der Waals surface area contributed by atoms with E-state index in [-0.39, 0.29) is 11.6 Å². The molecule has 0 saturated carbocycles. The van der Waals surface area contributed by atoms with Crippen molar-refractivity contribution in [1.29, 1.82) is 0 Å². The minimum Gasteiger partial charge on any atom is -0.497 e. The highest BCUT2D eigenvalue weighted by Gasteiger charge is 2.15. The van der Waals surface area contributed by atoms with Gasteiger partial charge >= 0.3 is 0 Å². The van der Waals surface area contributed by atoms with E-state index in [0.717, 1.165) is 0 Å². The molecule has 0 fully saturated rings. The summed E-state index contributed by atoms with van der Waals surface area (Å²) in [6, 6.07) is 9.57. The zero-order chi connectivity index (χ0) is 14.0. The van der Waals surface area contributed by atoms with Crippen LogP contribution >= 0.6 is 15.9 Å². The van der Waals surface area contributed by atoms with Crippen molar-refractivity contribution in [3.8, 4) is 5.75 Å². The highest BCUT2D eigenvalue weighted by Crippen LogP contribution is 2.25. The lowest BCUT2D eigenvalue weighted by Crippen LogP contribution is -2.04. The van der Waals surface area contributed by atoms with Crippen LogP contribution in [0.5, 0.6) is 5.75 Å². The maximum Gasteiger partial charge on any atom is 0.194 e. The van der Waals surface area contributed by atoms with Crippen molar-refractivity contribution >= 4 is 21.7 Å². The normalized spacial score (nSPS) is 10.3. The third kappa shape index (κ3) is 2.84. The number of carbonyl (C=O) groups is 1. The quantitative estimate of drug-likeness (QED) is 0.794. The number of hydrogen-bond donors (Lipinski definition) is 0. The molecule has 0 aromatic heterocycles. The van der Waals surface area contributed by atoms with Crippen LogP contribution in [0.2, 0.25) is 0 Å². The molecule has 2 aromatic carbocycles. The van der Waals surface area contributed by atoms with Gasteiger partial charge in [-0.2, -0.15) is 0 Å². The molecule has 2 nitrogen and oxygen atoms in total. The van der Waals surface area contributed by atoms with Crippen molar-refractivity contribution in [2.24, 2.45) is 0 Å². The third-order valence-electron chi connectivity index (χ3n) is 2.85. The molecule has 0 saturated heterocycles. The summed E-state index contributed by atoms with van der Waals surface area (Å²) >= 11 is 3.32. The number of rotatable bonds is 3. The number of ether oxygens (including phenoxy) is 1. The molecular weight excluding hydrogens is 311 g/mol. The molecule has 4 heteroatoms. The lowest BCUT2D eigenvalue weighted by Gasteiger charge is -2.07. The van der Waals surface area contributed by atoms with Crippen molar-refractivity contribution < 1.29 is 13.9 Å². The van der Waals surface area contributed by atoms with E-state index >= 15 is 0 Å². The van der Waals surface area contributed by atoms with Gasteiger partial charge < -0.3 is 4.74 Å². The smallest absolute Gasteiger partial charge is 0.194 e. The van der Waals surface area contributed by atoms with E-state index in [4.69, 9.17) is 4.74 Å². The number of benzene rings is 2. The molecule has 0 radical (unpaired) electrons. The Morgan fingerprint density at radius 3 is 2.58 bits per heavy atom. The third-order valence-corrected chi connectivity index (χ3v) is 3.54. The van der Waals surface area contributed by atoms with E-state index in [1.165, 1.54) is 13.2 Å². The highest BCUT2D eigenvalue weighted by molar-refractivity contribution is 9.10. The standard InChI is InChI=1S/C15H12BrFO2/c1-9-3-4-10(7-14(9)17)15(18)12-8-11(19-2)5-6-13(12)16/h3-8H,1-2H3. The van der Waals surface area contributed by atoms with Crippen LogP contribution in [0.4, 0.5) is 4.39 Å². The fourth-order valence-corrected chi connectivity index (χ4v) is 2.12. The lowest BCUT2D eigenvalue weighted by molar-refractivity contribution is 0.103. The van der Waals surface area contributed by atoms with Crippen LogP contribution in [0.15, 0.2) is 40.9 Å². The Morgan fingerprint density at radius 2 is 1.95 bits per heavy atom. The number of ketones is 1. The fourth-order valence-electron chi connectivity index (χ4n) is 1.69. The predicted octanol–water partition coefficient (Wildman–Crippen LogP) is 4.14. The molecule has 98 valence electrons. The first kappa shape index (κ1) is 13.7. The second-order valence-corrected chi connectivity index (χ2v) is 4.99. The maximum absolute atomic E-state index is 13.5. The first-order valence-corrected chi connectivity index (χ1v) is 6.46. The molecular formula is C15H12BrFO2. The number of halogens is 2. The van der Waals surface area contributed by atoms with Crippen molar-refractivity contribution in [2.75, 3.05) is 7.11 Å². The Labute approximate surface area is 119 Å². The van der Waals surface area contributed by atoms with Crippen LogP contribution in [-0.4, -0.2) is 12.9 Å². The van der Waals surface area contributed by atoms with Gasteiger partial charge in [-0.15, -0.1) is 0 Å². The minimum atomic E-state index is -0.384. The van der Waals surface area contributed by atoms with Crippen LogP contribution in [0.1, 0.15) is 21.5 Å². The van der Waals surface area contributed by atoms with Gasteiger partial charge in [0.25, 0.3) is 0 Å². The zero-order valence-corrected chi connectivity index (χ0v) is 12.1. The van der Waals surface area contributed by atoms with Gasteiger partial charge in [0.2, 0.25) is 0 Å². The monoisotopic (exact) mass is 322 g/mol. The van der Waals surface area contributed by atoms with Gasteiger partial charge in [0.15, 0.2) is 5.78 Å². The van der Waals surface area contributed by atoms with Gasteiger partial charge in [0.1, 0.15) is 11.6 Å². The summed E-state index contributed by atoms with van der Waals surface area (Å²) in [5.41, 5.74) is 1.28. The summed E-state index contributed by atoms with van der Waals surface area (Å²) in [6.07, 6.45) is 0. The number of hydrogen-bond acceptors (Lipinski definition) is 2. The first-order chi connectivity index (χ1) is 9.02. The zero-order valence-electron chi connectivity index (χ0n) is 10.5. The molecule has 0 amide bonds. The largest absolute Gasteiger partial charge is 0.497 e. The maximum atomic E-state index is 13.5. The topological polar surface area (TPSA) is 26.3 Å². The summed E-state index contributed by atoms with van der Waals surface area (Å²) in [4.78, 5) is 12.3. The first-order valence-electron chi connectivity index (χ1n) is 5.67. The minimum absolute atomic E-state index is 0.246. The van der Waals surface area contributed by atoms with E-state index in [1.807, 2.05) is 0 Å². The summed E-state index contributed by atoms with van der Waals surface area (Å²) in [7, 11) is 1.53. The average Bonchev–Trinajstić information content (AvgIpc) is 2.41. The van der Waals surface area contributed by atoms with Crippen molar-refractivity contribution in [2.45, 2.75) is 6.92 Å². The van der Waals surface area contributed by atoms with Crippen LogP contribution < -0.4 is 4.74 Å².